The lowest BCUT2D eigenvalue weighted by atomic mass is 10.0. The van der Waals surface area contributed by atoms with Gasteiger partial charge in [-0.1, -0.05) is 32.0 Å². The van der Waals surface area contributed by atoms with Gasteiger partial charge in [0.25, 0.3) is 0 Å². The van der Waals surface area contributed by atoms with Crippen LogP contribution in [0.25, 0.3) is 0 Å². The Bertz CT molecular complexity index is 903. The molecule has 3 rings (SSSR count). The van der Waals surface area contributed by atoms with Crippen molar-refractivity contribution in [3.8, 4) is 0 Å². The molecule has 1 aliphatic rings. The van der Waals surface area contributed by atoms with Crippen LogP contribution in [0.4, 0.5) is 0 Å². The SMILES string of the molecule is CC(C)CC(NC(=O)CCc1ccc(S(=O)(=O)N2CCOCC2)cc1)c1cccs1. The minimum atomic E-state index is -3.49. The number of morpholine rings is 1. The Morgan fingerprint density at radius 3 is 2.47 bits per heavy atom. The number of rotatable bonds is 9. The zero-order valence-corrected chi connectivity index (χ0v) is 19.2. The quantitative estimate of drug-likeness (QED) is 0.633. The van der Waals surface area contributed by atoms with Gasteiger partial charge in [0.15, 0.2) is 0 Å². The van der Waals surface area contributed by atoms with Crippen molar-refractivity contribution in [2.45, 2.75) is 44.0 Å². The normalized spacial score (nSPS) is 16.5. The molecular formula is C22H30N2O4S2. The molecule has 0 spiro atoms. The van der Waals surface area contributed by atoms with Gasteiger partial charge >= 0.3 is 0 Å². The topological polar surface area (TPSA) is 75.7 Å². The summed E-state index contributed by atoms with van der Waals surface area (Å²) in [5.41, 5.74) is 0.947. The first-order chi connectivity index (χ1) is 14.4. The molecule has 0 aliphatic carbocycles. The molecule has 1 atom stereocenters. The predicted octanol–water partition coefficient (Wildman–Crippen LogP) is 3.61. The molecule has 0 radical (unpaired) electrons. The molecule has 6 nitrogen and oxygen atoms in total. The number of carbonyl (C=O) groups is 1. The van der Waals surface area contributed by atoms with Crippen LogP contribution < -0.4 is 5.32 Å². The van der Waals surface area contributed by atoms with E-state index < -0.39 is 10.0 Å². The monoisotopic (exact) mass is 450 g/mol. The van der Waals surface area contributed by atoms with Gasteiger partial charge < -0.3 is 10.1 Å². The number of ether oxygens (including phenoxy) is 1. The summed E-state index contributed by atoms with van der Waals surface area (Å²) in [6.07, 6.45) is 1.85. The maximum atomic E-state index is 12.7. The van der Waals surface area contributed by atoms with Crippen LogP contribution in [-0.2, 0) is 26.0 Å². The van der Waals surface area contributed by atoms with Crippen LogP contribution in [0.5, 0.6) is 0 Å². The van der Waals surface area contributed by atoms with E-state index in [1.807, 2.05) is 11.4 Å². The number of thiophene rings is 1. The number of hydrogen-bond acceptors (Lipinski definition) is 5. The van der Waals surface area contributed by atoms with Gasteiger partial charge in [-0.15, -0.1) is 11.3 Å². The molecule has 2 heterocycles. The molecule has 1 fully saturated rings. The molecule has 1 unspecified atom stereocenters. The zero-order valence-electron chi connectivity index (χ0n) is 17.5. The summed E-state index contributed by atoms with van der Waals surface area (Å²) < 4.78 is 32.1. The number of nitrogens with one attached hydrogen (secondary N) is 1. The van der Waals surface area contributed by atoms with Crippen LogP contribution in [0, 0.1) is 5.92 Å². The highest BCUT2D eigenvalue weighted by atomic mass is 32.2. The molecule has 1 amide bonds. The molecule has 1 saturated heterocycles. The third-order valence-electron chi connectivity index (χ3n) is 5.10. The standard InChI is InChI=1S/C22H30N2O4S2/c1-17(2)16-20(21-4-3-15-29-21)23-22(25)10-7-18-5-8-19(9-6-18)30(26,27)24-11-13-28-14-12-24/h3-6,8-9,15,17,20H,7,10-14,16H2,1-2H3,(H,23,25). The van der Waals surface area contributed by atoms with Crippen LogP contribution in [0.2, 0.25) is 0 Å². The zero-order chi connectivity index (χ0) is 21.6. The van der Waals surface area contributed by atoms with Gasteiger partial charge in [-0.3, -0.25) is 4.79 Å². The number of hydrogen-bond donors (Lipinski definition) is 1. The fourth-order valence-corrected chi connectivity index (χ4v) is 5.69. The van der Waals surface area contributed by atoms with Crippen molar-refractivity contribution < 1.29 is 17.9 Å². The van der Waals surface area contributed by atoms with E-state index in [-0.39, 0.29) is 16.8 Å². The molecule has 30 heavy (non-hydrogen) atoms. The summed E-state index contributed by atoms with van der Waals surface area (Å²) in [5, 5.41) is 5.19. The summed E-state index contributed by atoms with van der Waals surface area (Å²) >= 11 is 1.66. The highest BCUT2D eigenvalue weighted by molar-refractivity contribution is 7.89. The second-order valence-corrected chi connectivity index (χ2v) is 10.8. The summed E-state index contributed by atoms with van der Waals surface area (Å²) in [6.45, 7) is 5.92. The smallest absolute Gasteiger partial charge is 0.243 e. The highest BCUT2D eigenvalue weighted by Gasteiger charge is 2.26. The lowest BCUT2D eigenvalue weighted by Gasteiger charge is -2.26. The number of aryl methyl sites for hydroxylation is 1. The summed E-state index contributed by atoms with van der Waals surface area (Å²) in [4.78, 5) is 14.0. The first kappa shape index (κ1) is 22.9. The van der Waals surface area contributed by atoms with Crippen molar-refractivity contribution in [3.63, 3.8) is 0 Å². The molecule has 0 saturated carbocycles. The van der Waals surface area contributed by atoms with E-state index in [2.05, 4.69) is 25.2 Å². The third-order valence-corrected chi connectivity index (χ3v) is 8.00. The molecule has 164 valence electrons. The fourth-order valence-electron chi connectivity index (χ4n) is 3.50. The van der Waals surface area contributed by atoms with Crippen molar-refractivity contribution in [1.82, 2.24) is 9.62 Å². The lowest BCUT2D eigenvalue weighted by Crippen LogP contribution is -2.40. The Labute approximate surface area is 183 Å². The van der Waals surface area contributed by atoms with E-state index in [4.69, 9.17) is 4.74 Å². The van der Waals surface area contributed by atoms with Crippen molar-refractivity contribution in [1.29, 1.82) is 0 Å². The van der Waals surface area contributed by atoms with Gasteiger partial charge in [-0.2, -0.15) is 4.31 Å². The van der Waals surface area contributed by atoms with E-state index in [0.717, 1.165) is 12.0 Å². The minimum Gasteiger partial charge on any atom is -0.379 e. The van der Waals surface area contributed by atoms with E-state index in [9.17, 15) is 13.2 Å². The lowest BCUT2D eigenvalue weighted by molar-refractivity contribution is -0.121. The van der Waals surface area contributed by atoms with E-state index in [0.29, 0.717) is 45.1 Å². The van der Waals surface area contributed by atoms with Crippen LogP contribution in [0.15, 0.2) is 46.7 Å². The van der Waals surface area contributed by atoms with Gasteiger partial charge in [-0.05, 0) is 47.9 Å². The second-order valence-electron chi connectivity index (χ2n) is 7.93. The summed E-state index contributed by atoms with van der Waals surface area (Å²) in [5.74, 6) is 0.498. The number of carbonyl (C=O) groups excluding carboxylic acids is 1. The number of nitrogens with zero attached hydrogens (tertiary/aromatic N) is 1. The van der Waals surface area contributed by atoms with Gasteiger partial charge in [-0.25, -0.2) is 8.42 Å². The molecule has 0 bridgehead atoms. The molecule has 1 aliphatic heterocycles. The Kier molecular flexibility index (Phi) is 8.05. The van der Waals surface area contributed by atoms with Crippen molar-refractivity contribution in [2.24, 2.45) is 5.92 Å². The van der Waals surface area contributed by atoms with E-state index >= 15 is 0 Å². The minimum absolute atomic E-state index is 0.0130. The molecule has 1 aromatic heterocycles. The van der Waals surface area contributed by atoms with Gasteiger partial charge in [0.2, 0.25) is 15.9 Å². The Balaban J connectivity index is 1.56. The van der Waals surface area contributed by atoms with Crippen LogP contribution >= 0.6 is 11.3 Å². The molecular weight excluding hydrogens is 420 g/mol. The number of amides is 1. The van der Waals surface area contributed by atoms with Crippen molar-refractivity contribution in [2.75, 3.05) is 26.3 Å². The van der Waals surface area contributed by atoms with Gasteiger partial charge in [0, 0.05) is 24.4 Å². The van der Waals surface area contributed by atoms with Crippen molar-refractivity contribution >= 4 is 27.3 Å². The first-order valence-electron chi connectivity index (χ1n) is 10.4. The molecule has 8 heteroatoms. The second kappa shape index (κ2) is 10.5. The van der Waals surface area contributed by atoms with Gasteiger partial charge in [0.1, 0.15) is 0 Å². The summed E-state index contributed by atoms with van der Waals surface area (Å²) in [7, 11) is -3.49. The molecule has 1 aromatic carbocycles. The maximum Gasteiger partial charge on any atom is 0.243 e. The van der Waals surface area contributed by atoms with Crippen LogP contribution in [0.3, 0.4) is 0 Å². The van der Waals surface area contributed by atoms with E-state index in [1.165, 1.54) is 9.18 Å². The van der Waals surface area contributed by atoms with Gasteiger partial charge in [0.05, 0.1) is 24.2 Å². The largest absolute Gasteiger partial charge is 0.379 e. The Hall–Kier alpha value is -1.74. The van der Waals surface area contributed by atoms with E-state index in [1.54, 1.807) is 35.6 Å². The maximum absolute atomic E-state index is 12.7. The Morgan fingerprint density at radius 2 is 1.87 bits per heavy atom. The average molecular weight is 451 g/mol. The highest BCUT2D eigenvalue weighted by Crippen LogP contribution is 2.25. The molecule has 2 aromatic rings. The summed E-state index contributed by atoms with van der Waals surface area (Å²) in [6, 6.07) is 11.0. The predicted molar refractivity (Wildman–Crippen MR) is 119 cm³/mol. The molecule has 1 N–H and O–H groups in total. The third kappa shape index (κ3) is 6.14. The average Bonchev–Trinajstić information content (AvgIpc) is 3.27. The number of sulfonamides is 1. The van der Waals surface area contributed by atoms with Crippen molar-refractivity contribution in [3.05, 3.63) is 52.2 Å². The number of benzene rings is 1. The first-order valence-corrected chi connectivity index (χ1v) is 12.7. The Morgan fingerprint density at radius 1 is 1.17 bits per heavy atom. The van der Waals surface area contributed by atoms with Crippen LogP contribution in [0.1, 0.15) is 43.2 Å². The van der Waals surface area contributed by atoms with Crippen LogP contribution in [-0.4, -0.2) is 44.9 Å². The fraction of sp³-hybridized carbons (Fsp3) is 0.500.